The van der Waals surface area contributed by atoms with Crippen LogP contribution < -0.4 is 15.4 Å². The largest absolute Gasteiger partial charge is 0.352 e. The molecular weight excluding hydrogens is 478 g/mol. The average Bonchev–Trinajstić information content (AvgIpc) is 2.73. The van der Waals surface area contributed by atoms with Crippen LogP contribution in [0.2, 0.25) is 24.7 Å². The summed E-state index contributed by atoms with van der Waals surface area (Å²) in [5.74, 6) is 0.517. The van der Waals surface area contributed by atoms with Gasteiger partial charge in [-0.1, -0.05) is 48.6 Å². The number of aromatic nitrogens is 1. The number of carbonyl (C=O) groups excluding carboxylic acids is 1. The van der Waals surface area contributed by atoms with Crippen molar-refractivity contribution in [2.45, 2.75) is 37.5 Å². The lowest BCUT2D eigenvalue weighted by Gasteiger charge is -2.40. The number of carbonyl (C=O) groups is 1. The van der Waals surface area contributed by atoms with Gasteiger partial charge in [-0.3, -0.25) is 0 Å². The average molecular weight is 510 g/mol. The quantitative estimate of drug-likeness (QED) is 0.625. The van der Waals surface area contributed by atoms with E-state index >= 15 is 0 Å². The van der Waals surface area contributed by atoms with Gasteiger partial charge in [0.25, 0.3) is 0 Å². The van der Waals surface area contributed by atoms with Gasteiger partial charge in [0.1, 0.15) is 10.7 Å². The van der Waals surface area contributed by atoms with E-state index in [1.165, 1.54) is 31.5 Å². The zero-order valence-corrected chi connectivity index (χ0v) is 22.5. The summed E-state index contributed by atoms with van der Waals surface area (Å²) in [6.07, 6.45) is 1.32. The highest BCUT2D eigenvalue weighted by Gasteiger charge is 2.30. The standard InChI is InChI=1S/C22H32ClN5O3SSi/c1-16-15-27(21-20(23)13-18(14-24-21)32(30,31)26(2)3)11-12-28(16)22(29)25-17-7-9-19(10-8-17)33(4,5)6/h7-10,13-14,16H,11-12,15H2,1-6H3,(H,25,29)/t16-/m1/s1. The van der Waals surface area contributed by atoms with Gasteiger partial charge in [0.15, 0.2) is 0 Å². The molecule has 2 aromatic rings. The van der Waals surface area contributed by atoms with Gasteiger partial charge in [-0.05, 0) is 25.1 Å². The van der Waals surface area contributed by atoms with Crippen LogP contribution in [-0.2, 0) is 10.0 Å². The van der Waals surface area contributed by atoms with Gasteiger partial charge in [0.05, 0.1) is 13.1 Å². The van der Waals surface area contributed by atoms with Crippen molar-refractivity contribution in [2.75, 3.05) is 43.9 Å². The molecule has 33 heavy (non-hydrogen) atoms. The van der Waals surface area contributed by atoms with Crippen molar-refractivity contribution in [2.24, 2.45) is 0 Å². The molecule has 0 radical (unpaired) electrons. The molecule has 0 saturated carbocycles. The van der Waals surface area contributed by atoms with Gasteiger partial charge in [0.2, 0.25) is 10.0 Å². The molecule has 2 heterocycles. The maximum Gasteiger partial charge on any atom is 0.322 e. The summed E-state index contributed by atoms with van der Waals surface area (Å²) in [6, 6.07) is 9.30. The van der Waals surface area contributed by atoms with Crippen molar-refractivity contribution in [3.05, 3.63) is 41.6 Å². The molecule has 3 rings (SSSR count). The molecule has 1 fully saturated rings. The molecule has 1 atom stereocenters. The summed E-state index contributed by atoms with van der Waals surface area (Å²) >= 11 is 6.39. The van der Waals surface area contributed by atoms with Crippen LogP contribution in [0.15, 0.2) is 41.4 Å². The van der Waals surface area contributed by atoms with Crippen LogP contribution in [0.5, 0.6) is 0 Å². The van der Waals surface area contributed by atoms with Gasteiger partial charge in [-0.25, -0.2) is 22.5 Å². The number of benzene rings is 1. The normalized spacial score (nSPS) is 17.4. The van der Waals surface area contributed by atoms with Crippen LogP contribution in [0, 0.1) is 0 Å². The minimum absolute atomic E-state index is 0.0486. The monoisotopic (exact) mass is 509 g/mol. The molecule has 1 saturated heterocycles. The minimum Gasteiger partial charge on any atom is -0.352 e. The first-order valence-corrected chi connectivity index (χ1v) is 16.1. The summed E-state index contributed by atoms with van der Waals surface area (Å²) in [5.41, 5.74) is 0.777. The van der Waals surface area contributed by atoms with Crippen molar-refractivity contribution < 1.29 is 13.2 Å². The van der Waals surface area contributed by atoms with E-state index in [2.05, 4.69) is 42.1 Å². The number of nitrogens with zero attached hydrogens (tertiary/aromatic N) is 4. The number of nitrogens with one attached hydrogen (secondary N) is 1. The smallest absolute Gasteiger partial charge is 0.322 e. The summed E-state index contributed by atoms with van der Waals surface area (Å²) in [5, 5.41) is 4.60. The fraction of sp³-hybridized carbons (Fsp3) is 0.455. The Morgan fingerprint density at radius 3 is 2.33 bits per heavy atom. The third-order valence-electron chi connectivity index (χ3n) is 5.77. The predicted molar refractivity (Wildman–Crippen MR) is 137 cm³/mol. The van der Waals surface area contributed by atoms with E-state index in [9.17, 15) is 13.2 Å². The van der Waals surface area contributed by atoms with E-state index in [0.29, 0.717) is 25.5 Å². The third-order valence-corrected chi connectivity index (χ3v) is 9.89. The number of hydrogen-bond acceptors (Lipinski definition) is 5. The van der Waals surface area contributed by atoms with E-state index < -0.39 is 18.1 Å². The molecule has 11 heteroatoms. The number of sulfonamides is 1. The fourth-order valence-electron chi connectivity index (χ4n) is 3.70. The number of piperazine rings is 1. The predicted octanol–water partition coefficient (Wildman–Crippen LogP) is 3.27. The maximum absolute atomic E-state index is 12.9. The van der Waals surface area contributed by atoms with Crippen LogP contribution in [-0.4, -0.2) is 76.5 Å². The first-order chi connectivity index (χ1) is 15.3. The molecule has 0 unspecified atom stereocenters. The van der Waals surface area contributed by atoms with Gasteiger partial charge in [0, 0.05) is 51.7 Å². The molecule has 1 aromatic heterocycles. The molecule has 180 valence electrons. The summed E-state index contributed by atoms with van der Waals surface area (Å²) in [4.78, 5) is 21.0. The maximum atomic E-state index is 12.9. The molecule has 2 amide bonds. The van der Waals surface area contributed by atoms with Gasteiger partial charge < -0.3 is 15.1 Å². The Hall–Kier alpha value is -2.14. The third kappa shape index (κ3) is 5.68. The number of rotatable bonds is 5. The van der Waals surface area contributed by atoms with Gasteiger partial charge in [-0.2, -0.15) is 0 Å². The second-order valence-electron chi connectivity index (χ2n) is 9.51. The van der Waals surface area contributed by atoms with Crippen LogP contribution in [0.1, 0.15) is 6.92 Å². The molecule has 8 nitrogen and oxygen atoms in total. The van der Waals surface area contributed by atoms with Gasteiger partial charge >= 0.3 is 6.03 Å². The first-order valence-electron chi connectivity index (χ1n) is 10.8. The fourth-order valence-corrected chi connectivity index (χ4v) is 6.09. The zero-order chi connectivity index (χ0) is 24.6. The van der Waals surface area contributed by atoms with Crippen LogP contribution in [0.4, 0.5) is 16.3 Å². The second-order valence-corrected chi connectivity index (χ2v) is 17.1. The molecule has 0 spiro atoms. The summed E-state index contributed by atoms with van der Waals surface area (Å²) < 4.78 is 25.8. The Morgan fingerprint density at radius 1 is 1.18 bits per heavy atom. The number of anilines is 2. The van der Waals surface area contributed by atoms with Crippen LogP contribution in [0.25, 0.3) is 0 Å². The lowest BCUT2D eigenvalue weighted by atomic mass is 10.2. The lowest BCUT2D eigenvalue weighted by molar-refractivity contribution is 0.184. The van der Waals surface area contributed by atoms with Crippen molar-refractivity contribution >= 4 is 52.4 Å². The molecular formula is C22H32ClN5O3SSi. The highest BCUT2D eigenvalue weighted by molar-refractivity contribution is 7.89. The number of amides is 2. The summed E-state index contributed by atoms with van der Waals surface area (Å²) in [7, 11) is -2.07. The second kappa shape index (κ2) is 9.61. The Balaban J connectivity index is 1.66. The number of hydrogen-bond donors (Lipinski definition) is 1. The van der Waals surface area contributed by atoms with Crippen molar-refractivity contribution in [1.82, 2.24) is 14.2 Å². The Labute approximate surface area is 202 Å². The Kier molecular flexibility index (Phi) is 7.42. The van der Waals surface area contributed by atoms with E-state index in [1.807, 2.05) is 24.0 Å². The first kappa shape index (κ1) is 25.5. The molecule has 1 aliphatic heterocycles. The van der Waals surface area contributed by atoms with E-state index in [4.69, 9.17) is 11.6 Å². The SMILES string of the molecule is C[C@@H]1CN(c2ncc(S(=O)(=O)N(C)C)cc2Cl)CCN1C(=O)Nc1ccc([Si](C)(C)C)cc1. The lowest BCUT2D eigenvalue weighted by Crippen LogP contribution is -2.55. The van der Waals surface area contributed by atoms with Crippen molar-refractivity contribution in [3.63, 3.8) is 0 Å². The highest BCUT2D eigenvalue weighted by Crippen LogP contribution is 2.28. The number of halogens is 1. The zero-order valence-electron chi connectivity index (χ0n) is 20.0. The van der Waals surface area contributed by atoms with E-state index in [0.717, 1.165) is 9.99 Å². The van der Waals surface area contributed by atoms with Crippen LogP contribution in [0.3, 0.4) is 0 Å². The van der Waals surface area contributed by atoms with E-state index in [1.54, 1.807) is 4.90 Å². The van der Waals surface area contributed by atoms with Crippen molar-refractivity contribution in [3.8, 4) is 0 Å². The Bertz CT molecular complexity index is 1120. The molecule has 0 bridgehead atoms. The van der Waals surface area contributed by atoms with Crippen molar-refractivity contribution in [1.29, 1.82) is 0 Å². The molecule has 1 aliphatic rings. The summed E-state index contributed by atoms with van der Waals surface area (Å²) in [6.45, 7) is 10.4. The molecule has 1 aromatic carbocycles. The molecule has 1 N–H and O–H groups in total. The highest BCUT2D eigenvalue weighted by atomic mass is 35.5. The topological polar surface area (TPSA) is 85.9 Å². The minimum atomic E-state index is -3.61. The van der Waals surface area contributed by atoms with Crippen LogP contribution >= 0.6 is 11.6 Å². The number of urea groups is 1. The molecule has 0 aliphatic carbocycles. The van der Waals surface area contributed by atoms with Gasteiger partial charge in [-0.15, -0.1) is 0 Å². The van der Waals surface area contributed by atoms with E-state index in [-0.39, 0.29) is 22.0 Å². The number of pyridine rings is 1. The Morgan fingerprint density at radius 2 is 1.82 bits per heavy atom.